The van der Waals surface area contributed by atoms with Crippen molar-refractivity contribution in [3.63, 3.8) is 0 Å². The van der Waals surface area contributed by atoms with E-state index in [2.05, 4.69) is 10.1 Å². The number of hydrogen-bond acceptors (Lipinski definition) is 6. The highest BCUT2D eigenvalue weighted by molar-refractivity contribution is 6.30. The summed E-state index contributed by atoms with van der Waals surface area (Å²) in [5.74, 6) is -1.29. The summed E-state index contributed by atoms with van der Waals surface area (Å²) >= 11 is 5.83. The molecule has 0 fully saturated rings. The van der Waals surface area contributed by atoms with Gasteiger partial charge >= 0.3 is 11.7 Å². The number of benzene rings is 2. The van der Waals surface area contributed by atoms with Crippen LogP contribution in [0, 0.1) is 10.1 Å². The lowest BCUT2D eigenvalue weighted by Crippen LogP contribution is -2.31. The SMILES string of the molecule is COC(=O)c1ccc(OCC(=O)N[C@@H](C)c2ccc(Cl)cc2)c([N+](=O)[O-])c1. The molecule has 0 aliphatic carbocycles. The topological polar surface area (TPSA) is 108 Å². The lowest BCUT2D eigenvalue weighted by atomic mass is 10.1. The van der Waals surface area contributed by atoms with Crippen molar-refractivity contribution in [3.8, 4) is 5.75 Å². The fourth-order valence-electron chi connectivity index (χ4n) is 2.29. The first-order valence-electron chi connectivity index (χ1n) is 7.86. The molecule has 0 bridgehead atoms. The van der Waals surface area contributed by atoms with Crippen LogP contribution in [0.4, 0.5) is 5.69 Å². The maximum absolute atomic E-state index is 12.1. The number of rotatable bonds is 7. The van der Waals surface area contributed by atoms with Gasteiger partial charge in [0.25, 0.3) is 5.91 Å². The van der Waals surface area contributed by atoms with E-state index < -0.39 is 29.1 Å². The lowest BCUT2D eigenvalue weighted by molar-refractivity contribution is -0.385. The number of methoxy groups -OCH3 is 1. The molecule has 2 aromatic carbocycles. The van der Waals surface area contributed by atoms with Crippen LogP contribution >= 0.6 is 11.6 Å². The molecule has 1 amide bonds. The van der Waals surface area contributed by atoms with Crippen LogP contribution in [0.2, 0.25) is 5.02 Å². The molecule has 142 valence electrons. The van der Waals surface area contributed by atoms with E-state index >= 15 is 0 Å². The molecular formula is C18H17ClN2O6. The molecule has 0 unspecified atom stereocenters. The summed E-state index contributed by atoms with van der Waals surface area (Å²) < 4.78 is 9.79. The van der Waals surface area contributed by atoms with Gasteiger partial charge < -0.3 is 14.8 Å². The van der Waals surface area contributed by atoms with Crippen molar-refractivity contribution in [2.45, 2.75) is 13.0 Å². The number of nitrogens with one attached hydrogen (secondary N) is 1. The highest BCUT2D eigenvalue weighted by Crippen LogP contribution is 2.28. The normalized spacial score (nSPS) is 11.4. The molecule has 0 aliphatic heterocycles. The molecule has 2 rings (SSSR count). The molecule has 0 heterocycles. The summed E-state index contributed by atoms with van der Waals surface area (Å²) in [6.45, 7) is 1.37. The second kappa shape index (κ2) is 9.00. The van der Waals surface area contributed by atoms with E-state index in [1.165, 1.54) is 19.2 Å². The van der Waals surface area contributed by atoms with Crippen LogP contribution < -0.4 is 10.1 Å². The summed E-state index contributed by atoms with van der Waals surface area (Å²) in [6.07, 6.45) is 0. The Balaban J connectivity index is 2.02. The van der Waals surface area contributed by atoms with Gasteiger partial charge in [0, 0.05) is 11.1 Å². The van der Waals surface area contributed by atoms with Crippen molar-refractivity contribution < 1.29 is 24.0 Å². The molecule has 0 spiro atoms. The van der Waals surface area contributed by atoms with Gasteiger partial charge in [-0.1, -0.05) is 23.7 Å². The lowest BCUT2D eigenvalue weighted by Gasteiger charge is -2.15. The summed E-state index contributed by atoms with van der Waals surface area (Å²) in [7, 11) is 1.17. The van der Waals surface area contributed by atoms with Gasteiger partial charge in [0.05, 0.1) is 23.6 Å². The van der Waals surface area contributed by atoms with Gasteiger partial charge in [-0.05, 0) is 36.8 Å². The molecule has 0 radical (unpaired) electrons. The minimum atomic E-state index is -0.709. The first-order valence-corrected chi connectivity index (χ1v) is 8.24. The molecule has 1 atom stereocenters. The molecule has 27 heavy (non-hydrogen) atoms. The second-order valence-electron chi connectivity index (χ2n) is 5.56. The Morgan fingerprint density at radius 2 is 1.89 bits per heavy atom. The van der Waals surface area contributed by atoms with E-state index in [1.54, 1.807) is 31.2 Å². The van der Waals surface area contributed by atoms with E-state index in [9.17, 15) is 19.7 Å². The van der Waals surface area contributed by atoms with Gasteiger partial charge in [0.15, 0.2) is 12.4 Å². The Bertz CT molecular complexity index is 853. The van der Waals surface area contributed by atoms with Crippen LogP contribution in [0.3, 0.4) is 0 Å². The first-order chi connectivity index (χ1) is 12.8. The fourth-order valence-corrected chi connectivity index (χ4v) is 2.41. The summed E-state index contributed by atoms with van der Waals surface area (Å²) in [5.41, 5.74) is 0.426. The Labute approximate surface area is 160 Å². The molecule has 0 saturated heterocycles. The quantitative estimate of drug-likeness (QED) is 0.440. The minimum Gasteiger partial charge on any atom is -0.477 e. The maximum atomic E-state index is 12.1. The van der Waals surface area contributed by atoms with Crippen molar-refractivity contribution in [3.05, 3.63) is 68.7 Å². The molecule has 9 heteroatoms. The largest absolute Gasteiger partial charge is 0.477 e. The Hall–Kier alpha value is -3.13. The molecule has 8 nitrogen and oxygen atoms in total. The third-order valence-electron chi connectivity index (χ3n) is 3.68. The van der Waals surface area contributed by atoms with Crippen molar-refractivity contribution in [2.75, 3.05) is 13.7 Å². The summed E-state index contributed by atoms with van der Waals surface area (Å²) in [6, 6.07) is 10.3. The number of ether oxygens (including phenoxy) is 2. The van der Waals surface area contributed by atoms with Gasteiger partial charge in [-0.3, -0.25) is 14.9 Å². The predicted octanol–water partition coefficient (Wildman–Crippen LogP) is 3.29. The monoisotopic (exact) mass is 392 g/mol. The number of nitro benzene ring substituents is 1. The standard InChI is InChI=1S/C18H17ClN2O6/c1-11(12-3-6-14(19)7-4-12)20-17(22)10-27-16-8-5-13(18(23)26-2)9-15(16)21(24)25/h3-9,11H,10H2,1-2H3,(H,20,22)/t11-/m0/s1. The minimum absolute atomic E-state index is 0.0114. The molecule has 2 aromatic rings. The number of carbonyl (C=O) groups excluding carboxylic acids is 2. The Morgan fingerprint density at radius 3 is 2.48 bits per heavy atom. The third kappa shape index (κ3) is 5.42. The van der Waals surface area contributed by atoms with Crippen molar-refractivity contribution >= 4 is 29.2 Å². The van der Waals surface area contributed by atoms with E-state index in [1.807, 2.05) is 0 Å². The van der Waals surface area contributed by atoms with Gasteiger partial charge in [-0.15, -0.1) is 0 Å². The molecular weight excluding hydrogens is 376 g/mol. The Morgan fingerprint density at radius 1 is 1.22 bits per heavy atom. The third-order valence-corrected chi connectivity index (χ3v) is 3.93. The van der Waals surface area contributed by atoms with E-state index in [4.69, 9.17) is 16.3 Å². The van der Waals surface area contributed by atoms with Crippen LogP contribution in [-0.4, -0.2) is 30.5 Å². The molecule has 1 N–H and O–H groups in total. The van der Waals surface area contributed by atoms with Crippen molar-refractivity contribution in [1.29, 1.82) is 0 Å². The van der Waals surface area contributed by atoms with E-state index in [0.29, 0.717) is 5.02 Å². The first kappa shape index (κ1) is 20.2. The smallest absolute Gasteiger partial charge is 0.338 e. The van der Waals surface area contributed by atoms with Crippen LogP contribution in [-0.2, 0) is 9.53 Å². The van der Waals surface area contributed by atoms with Crippen molar-refractivity contribution in [2.24, 2.45) is 0 Å². The van der Waals surface area contributed by atoms with Crippen LogP contribution in [0.25, 0.3) is 0 Å². The van der Waals surface area contributed by atoms with Crippen LogP contribution in [0.15, 0.2) is 42.5 Å². The zero-order valence-corrected chi connectivity index (χ0v) is 15.4. The van der Waals surface area contributed by atoms with Crippen LogP contribution in [0.1, 0.15) is 28.9 Å². The van der Waals surface area contributed by atoms with Gasteiger partial charge in [-0.2, -0.15) is 0 Å². The average Bonchev–Trinajstić information content (AvgIpc) is 2.65. The van der Waals surface area contributed by atoms with Gasteiger partial charge in [0.2, 0.25) is 0 Å². The average molecular weight is 393 g/mol. The zero-order valence-electron chi connectivity index (χ0n) is 14.6. The predicted molar refractivity (Wildman–Crippen MR) is 97.9 cm³/mol. The highest BCUT2D eigenvalue weighted by atomic mass is 35.5. The van der Waals surface area contributed by atoms with Gasteiger partial charge in [0.1, 0.15) is 0 Å². The van der Waals surface area contributed by atoms with E-state index in [-0.39, 0.29) is 17.4 Å². The Kier molecular flexibility index (Phi) is 6.73. The maximum Gasteiger partial charge on any atom is 0.338 e. The number of carbonyl (C=O) groups is 2. The molecule has 0 aliphatic rings. The van der Waals surface area contributed by atoms with Crippen LogP contribution in [0.5, 0.6) is 5.75 Å². The van der Waals surface area contributed by atoms with Gasteiger partial charge in [-0.25, -0.2) is 4.79 Å². The fraction of sp³-hybridized carbons (Fsp3) is 0.222. The molecule has 0 saturated carbocycles. The van der Waals surface area contributed by atoms with Crippen molar-refractivity contribution in [1.82, 2.24) is 5.32 Å². The number of hydrogen-bond donors (Lipinski definition) is 1. The number of amides is 1. The molecule has 0 aromatic heterocycles. The number of nitro groups is 1. The second-order valence-corrected chi connectivity index (χ2v) is 6.00. The number of halogens is 1. The summed E-state index contributed by atoms with van der Waals surface area (Å²) in [5, 5.41) is 14.5. The number of nitrogens with zero attached hydrogens (tertiary/aromatic N) is 1. The number of esters is 1. The van der Waals surface area contributed by atoms with E-state index in [0.717, 1.165) is 11.6 Å². The zero-order chi connectivity index (χ0) is 20.0. The highest BCUT2D eigenvalue weighted by Gasteiger charge is 2.20. The summed E-state index contributed by atoms with van der Waals surface area (Å²) in [4.78, 5) is 34.0.